The highest BCUT2D eigenvalue weighted by atomic mass is 35.5. The second kappa shape index (κ2) is 9.23. The van der Waals surface area contributed by atoms with E-state index in [1.165, 1.54) is 18.5 Å². The lowest BCUT2D eigenvalue weighted by Gasteiger charge is -2.35. The van der Waals surface area contributed by atoms with Gasteiger partial charge in [0.25, 0.3) is 5.91 Å². The van der Waals surface area contributed by atoms with Crippen molar-refractivity contribution in [2.75, 3.05) is 31.1 Å². The molecule has 7 nitrogen and oxygen atoms in total. The molecule has 0 aliphatic carbocycles. The summed E-state index contributed by atoms with van der Waals surface area (Å²) in [5.41, 5.74) is 3.08. The Balaban J connectivity index is 1.32. The Bertz CT molecular complexity index is 1330. The molecule has 2 aromatic carbocycles. The number of hydrogen-bond acceptors (Lipinski definition) is 6. The zero-order valence-electron chi connectivity index (χ0n) is 18.4. The molecule has 1 fully saturated rings. The third-order valence-corrected chi connectivity index (χ3v) is 6.22. The van der Waals surface area contributed by atoms with E-state index in [4.69, 9.17) is 16.1 Å². The lowest BCUT2D eigenvalue weighted by Crippen LogP contribution is -2.49. The van der Waals surface area contributed by atoms with Crippen LogP contribution < -0.4 is 4.90 Å². The number of nitrogens with zero attached hydrogens (tertiary/aromatic N) is 5. The molecule has 0 radical (unpaired) electrons. The maximum Gasteiger partial charge on any atom is 0.259 e. The van der Waals surface area contributed by atoms with Gasteiger partial charge in [-0.05, 0) is 37.3 Å². The minimum Gasteiger partial charge on any atom is -0.360 e. The Morgan fingerprint density at radius 2 is 1.76 bits per heavy atom. The molecule has 5 rings (SSSR count). The first-order chi connectivity index (χ1) is 16.5. The zero-order valence-corrected chi connectivity index (χ0v) is 19.2. The topological polar surface area (TPSA) is 75.4 Å². The van der Waals surface area contributed by atoms with Crippen molar-refractivity contribution in [2.24, 2.45) is 0 Å². The molecule has 1 aliphatic heterocycles. The van der Waals surface area contributed by atoms with E-state index in [0.29, 0.717) is 59.5 Å². The highest BCUT2D eigenvalue weighted by Gasteiger charge is 2.29. The Morgan fingerprint density at radius 3 is 2.50 bits per heavy atom. The molecular weight excluding hydrogens is 457 g/mol. The third kappa shape index (κ3) is 4.24. The summed E-state index contributed by atoms with van der Waals surface area (Å²) in [5.74, 6) is 0.795. The summed E-state index contributed by atoms with van der Waals surface area (Å²) in [6.07, 6.45) is 1.50. The highest BCUT2D eigenvalue weighted by Crippen LogP contribution is 2.32. The van der Waals surface area contributed by atoms with Crippen molar-refractivity contribution in [1.82, 2.24) is 20.0 Å². The van der Waals surface area contributed by atoms with Gasteiger partial charge in [-0.15, -0.1) is 0 Å². The van der Waals surface area contributed by atoms with Gasteiger partial charge in [0.05, 0.1) is 10.7 Å². The number of halogens is 2. The third-order valence-electron chi connectivity index (χ3n) is 5.89. The first-order valence-electron chi connectivity index (χ1n) is 10.8. The van der Waals surface area contributed by atoms with Crippen LogP contribution in [0.1, 0.15) is 16.1 Å². The number of anilines is 1. The van der Waals surface area contributed by atoms with Crippen molar-refractivity contribution in [2.45, 2.75) is 6.92 Å². The van der Waals surface area contributed by atoms with Crippen molar-refractivity contribution < 1.29 is 13.7 Å². The predicted octanol–water partition coefficient (Wildman–Crippen LogP) is 4.86. The van der Waals surface area contributed by atoms with E-state index in [-0.39, 0.29) is 11.7 Å². The lowest BCUT2D eigenvalue weighted by molar-refractivity contribution is 0.0745. The fraction of sp³-hybridized carbons (Fsp3) is 0.200. The van der Waals surface area contributed by atoms with Crippen LogP contribution in [-0.2, 0) is 0 Å². The summed E-state index contributed by atoms with van der Waals surface area (Å²) in [6, 6.07) is 15.3. The van der Waals surface area contributed by atoms with Crippen LogP contribution in [0.25, 0.3) is 22.5 Å². The molecule has 4 aromatic rings. The van der Waals surface area contributed by atoms with Crippen LogP contribution in [-0.4, -0.2) is 52.1 Å². The van der Waals surface area contributed by atoms with Crippen LogP contribution in [0.4, 0.5) is 10.2 Å². The first-order valence-corrected chi connectivity index (χ1v) is 11.2. The SMILES string of the molecule is Cc1onc(-c2ccccc2Cl)c1C(=O)N1CCN(c2cc(-c3ccc(F)cc3)ncn2)CC1. The number of carbonyl (C=O) groups is 1. The highest BCUT2D eigenvalue weighted by molar-refractivity contribution is 6.33. The molecular formula is C25H21ClFN5O2. The Morgan fingerprint density at radius 1 is 1.03 bits per heavy atom. The second-order valence-corrected chi connectivity index (χ2v) is 8.40. The minimum atomic E-state index is -0.292. The molecule has 34 heavy (non-hydrogen) atoms. The van der Waals surface area contributed by atoms with Crippen LogP contribution in [0.3, 0.4) is 0 Å². The largest absolute Gasteiger partial charge is 0.360 e. The first kappa shape index (κ1) is 22.0. The van der Waals surface area contributed by atoms with Crippen LogP contribution in [0.5, 0.6) is 0 Å². The molecule has 0 atom stereocenters. The van der Waals surface area contributed by atoms with Gasteiger partial charge in [0.2, 0.25) is 0 Å². The zero-order chi connectivity index (χ0) is 23.7. The fourth-order valence-corrected chi connectivity index (χ4v) is 4.28. The molecule has 2 aromatic heterocycles. The van der Waals surface area contributed by atoms with Gasteiger partial charge in [-0.2, -0.15) is 0 Å². The normalized spacial score (nSPS) is 13.9. The van der Waals surface area contributed by atoms with Crippen LogP contribution in [0, 0.1) is 12.7 Å². The minimum absolute atomic E-state index is 0.136. The maximum absolute atomic E-state index is 13.4. The number of carbonyl (C=O) groups excluding carboxylic acids is 1. The van der Waals surface area contributed by atoms with Crippen molar-refractivity contribution in [3.8, 4) is 22.5 Å². The molecule has 0 spiro atoms. The maximum atomic E-state index is 13.4. The summed E-state index contributed by atoms with van der Waals surface area (Å²) in [7, 11) is 0. The van der Waals surface area contributed by atoms with Crippen molar-refractivity contribution in [3.05, 3.63) is 83.1 Å². The predicted molar refractivity (Wildman–Crippen MR) is 127 cm³/mol. The van der Waals surface area contributed by atoms with E-state index in [1.807, 2.05) is 24.3 Å². The number of aromatic nitrogens is 3. The van der Waals surface area contributed by atoms with E-state index < -0.39 is 0 Å². The Hall–Kier alpha value is -3.78. The number of hydrogen-bond donors (Lipinski definition) is 0. The van der Waals surface area contributed by atoms with Crippen molar-refractivity contribution in [1.29, 1.82) is 0 Å². The van der Waals surface area contributed by atoms with Crippen LogP contribution in [0.2, 0.25) is 5.02 Å². The number of rotatable bonds is 4. The van der Waals surface area contributed by atoms with Crippen molar-refractivity contribution >= 4 is 23.3 Å². The Kier molecular flexibility index (Phi) is 5.98. The average Bonchev–Trinajstić information content (AvgIpc) is 3.25. The van der Waals surface area contributed by atoms with Gasteiger partial charge in [-0.25, -0.2) is 14.4 Å². The van der Waals surface area contributed by atoms with E-state index in [2.05, 4.69) is 20.0 Å². The monoisotopic (exact) mass is 477 g/mol. The van der Waals surface area contributed by atoms with Gasteiger partial charge in [0.15, 0.2) is 0 Å². The number of benzene rings is 2. The van der Waals surface area contributed by atoms with Gasteiger partial charge < -0.3 is 14.3 Å². The van der Waals surface area contributed by atoms with Gasteiger partial charge in [-0.3, -0.25) is 4.79 Å². The summed E-state index contributed by atoms with van der Waals surface area (Å²) in [4.78, 5) is 26.0. The molecule has 0 bridgehead atoms. The van der Waals surface area contributed by atoms with E-state index in [0.717, 1.165) is 11.4 Å². The number of piperazine rings is 1. The fourth-order valence-electron chi connectivity index (χ4n) is 4.06. The van der Waals surface area contributed by atoms with Crippen LogP contribution >= 0.6 is 11.6 Å². The summed E-state index contributed by atoms with van der Waals surface area (Å²) < 4.78 is 18.6. The summed E-state index contributed by atoms with van der Waals surface area (Å²) in [6.45, 7) is 3.98. The molecule has 0 unspecified atom stereocenters. The van der Waals surface area contributed by atoms with E-state index >= 15 is 0 Å². The Labute approximate surface area is 200 Å². The molecule has 0 saturated carbocycles. The van der Waals surface area contributed by atoms with Gasteiger partial charge in [0.1, 0.15) is 35.0 Å². The molecule has 1 aliphatic rings. The van der Waals surface area contributed by atoms with Gasteiger partial charge in [-0.1, -0.05) is 35.0 Å². The van der Waals surface area contributed by atoms with Crippen LogP contribution in [0.15, 0.2) is 65.4 Å². The van der Waals surface area contributed by atoms with Gasteiger partial charge in [0, 0.05) is 43.4 Å². The molecule has 172 valence electrons. The second-order valence-electron chi connectivity index (χ2n) is 7.99. The van der Waals surface area contributed by atoms with E-state index in [9.17, 15) is 9.18 Å². The number of amides is 1. The van der Waals surface area contributed by atoms with Crippen molar-refractivity contribution in [3.63, 3.8) is 0 Å². The lowest BCUT2D eigenvalue weighted by atomic mass is 10.0. The smallest absolute Gasteiger partial charge is 0.259 e. The average molecular weight is 478 g/mol. The van der Waals surface area contributed by atoms with Gasteiger partial charge >= 0.3 is 0 Å². The standard InChI is InChI=1S/C25H21ClFN5O2/c1-16-23(24(30-34-16)19-4-2-3-5-20(19)26)25(33)32-12-10-31(11-13-32)22-14-21(28-15-29-22)17-6-8-18(27)9-7-17/h2-9,14-15H,10-13H2,1H3. The molecule has 3 heterocycles. The molecule has 0 N–H and O–H groups in total. The number of aryl methyl sites for hydroxylation is 1. The summed E-state index contributed by atoms with van der Waals surface area (Å²) in [5, 5.41) is 4.62. The molecule has 1 amide bonds. The summed E-state index contributed by atoms with van der Waals surface area (Å²) >= 11 is 6.34. The molecule has 1 saturated heterocycles. The van der Waals surface area contributed by atoms with E-state index in [1.54, 1.807) is 30.0 Å². The molecule has 9 heteroatoms. The quantitative estimate of drug-likeness (QED) is 0.418.